The van der Waals surface area contributed by atoms with Crippen molar-refractivity contribution in [2.75, 3.05) is 6.54 Å². The van der Waals surface area contributed by atoms with E-state index >= 15 is 0 Å². The van der Waals surface area contributed by atoms with Crippen molar-refractivity contribution in [3.63, 3.8) is 0 Å². The molecule has 3 nitrogen and oxygen atoms in total. The lowest BCUT2D eigenvalue weighted by atomic mass is 10.0. The van der Waals surface area contributed by atoms with E-state index in [0.29, 0.717) is 6.42 Å². The van der Waals surface area contributed by atoms with E-state index in [1.807, 2.05) is 0 Å². The van der Waals surface area contributed by atoms with Gasteiger partial charge in [0.25, 0.3) is 0 Å². The van der Waals surface area contributed by atoms with Crippen LogP contribution in [0.4, 0.5) is 0 Å². The van der Waals surface area contributed by atoms with Crippen molar-refractivity contribution in [1.82, 2.24) is 0 Å². The second-order valence-electron chi connectivity index (χ2n) is 5.50. The van der Waals surface area contributed by atoms with E-state index in [1.165, 1.54) is 57.8 Å². The number of carbonyl (C=O) groups excluding carboxylic acids is 1. The van der Waals surface area contributed by atoms with Crippen LogP contribution in [0.25, 0.3) is 0 Å². The molecule has 0 fully saturated rings. The van der Waals surface area contributed by atoms with Gasteiger partial charge < -0.3 is 10.8 Å². The Morgan fingerprint density at radius 1 is 0.895 bits per heavy atom. The number of hydrogen-bond donors (Lipinski definition) is 2. The molecule has 0 amide bonds. The largest absolute Gasteiger partial charge is 0.384 e. The van der Waals surface area contributed by atoms with Crippen LogP contribution in [0, 0.1) is 0 Å². The molecule has 0 aliphatic carbocycles. The molecule has 0 saturated carbocycles. The van der Waals surface area contributed by atoms with Gasteiger partial charge in [-0.15, -0.1) is 0 Å². The van der Waals surface area contributed by atoms with Gasteiger partial charge in [0.15, 0.2) is 5.78 Å². The highest BCUT2D eigenvalue weighted by atomic mass is 16.3. The van der Waals surface area contributed by atoms with Gasteiger partial charge in [-0.2, -0.15) is 0 Å². The summed E-state index contributed by atoms with van der Waals surface area (Å²) in [6.45, 7) is 2.30. The fourth-order valence-electron chi connectivity index (χ4n) is 2.26. The highest BCUT2D eigenvalue weighted by molar-refractivity contribution is 5.82. The third-order valence-corrected chi connectivity index (χ3v) is 3.62. The molecular weight excluding hydrogens is 238 g/mol. The summed E-state index contributed by atoms with van der Waals surface area (Å²) in [5.41, 5.74) is 5.23. The van der Waals surface area contributed by atoms with E-state index in [1.54, 1.807) is 0 Å². The van der Waals surface area contributed by atoms with Crippen molar-refractivity contribution >= 4 is 5.78 Å². The third kappa shape index (κ3) is 12.4. The summed E-state index contributed by atoms with van der Waals surface area (Å²) in [7, 11) is 0. The molecule has 0 saturated heterocycles. The summed E-state index contributed by atoms with van der Waals surface area (Å²) in [6.07, 6.45) is 13.6. The molecule has 0 bridgehead atoms. The summed E-state index contributed by atoms with van der Waals surface area (Å²) in [5.74, 6) is -0.0987. The molecule has 0 radical (unpaired) electrons. The van der Waals surface area contributed by atoms with Gasteiger partial charge in [0.05, 0.1) is 0 Å². The fraction of sp³-hybridized carbons (Fsp3) is 0.938. The molecule has 3 N–H and O–H groups in total. The summed E-state index contributed by atoms with van der Waals surface area (Å²) in [5, 5.41) is 9.21. The number of unbranched alkanes of at least 4 members (excludes halogenated alkanes) is 10. The lowest BCUT2D eigenvalue weighted by molar-refractivity contribution is -0.126. The number of hydrogen-bond acceptors (Lipinski definition) is 3. The lowest BCUT2D eigenvalue weighted by Gasteiger charge is -2.06. The molecule has 1 unspecified atom stereocenters. The van der Waals surface area contributed by atoms with Crippen LogP contribution < -0.4 is 5.73 Å². The maximum absolute atomic E-state index is 11.3. The number of aliphatic hydroxyl groups excluding tert-OH is 1. The SMILES string of the molecule is CCCCCCCCCCCCCC(=O)C(O)CN. The van der Waals surface area contributed by atoms with E-state index in [4.69, 9.17) is 5.73 Å². The minimum atomic E-state index is -0.942. The lowest BCUT2D eigenvalue weighted by Crippen LogP contribution is -2.28. The van der Waals surface area contributed by atoms with Crippen LogP contribution in [0.5, 0.6) is 0 Å². The summed E-state index contributed by atoms with van der Waals surface area (Å²) < 4.78 is 0. The van der Waals surface area contributed by atoms with Crippen molar-refractivity contribution in [2.24, 2.45) is 5.73 Å². The molecule has 0 aliphatic rings. The summed E-state index contributed by atoms with van der Waals surface area (Å²) in [4.78, 5) is 11.3. The van der Waals surface area contributed by atoms with E-state index < -0.39 is 6.10 Å². The predicted octanol–water partition coefficient (Wildman–Crippen LogP) is 3.58. The smallest absolute Gasteiger partial charge is 0.162 e. The molecule has 0 aromatic carbocycles. The van der Waals surface area contributed by atoms with Crippen LogP contribution in [0.2, 0.25) is 0 Å². The summed E-state index contributed by atoms with van der Waals surface area (Å²) in [6, 6.07) is 0. The van der Waals surface area contributed by atoms with Gasteiger partial charge in [-0.05, 0) is 6.42 Å². The monoisotopic (exact) mass is 271 g/mol. The van der Waals surface area contributed by atoms with E-state index in [2.05, 4.69) is 6.92 Å². The number of Topliss-reactive ketones (excluding diaryl/α,β-unsaturated/α-hetero) is 1. The van der Waals surface area contributed by atoms with Gasteiger partial charge in [0, 0.05) is 13.0 Å². The van der Waals surface area contributed by atoms with Crippen LogP contribution >= 0.6 is 0 Å². The standard InChI is InChI=1S/C16H33NO2/c1-2-3-4-5-6-7-8-9-10-11-12-13-15(18)16(19)14-17/h16,19H,2-14,17H2,1H3. The Hall–Kier alpha value is -0.410. The first-order valence-electron chi connectivity index (χ1n) is 8.13. The Bertz CT molecular complexity index is 207. The molecule has 19 heavy (non-hydrogen) atoms. The third-order valence-electron chi connectivity index (χ3n) is 3.62. The molecule has 0 rings (SSSR count). The van der Waals surface area contributed by atoms with Crippen LogP contribution in [0.15, 0.2) is 0 Å². The maximum atomic E-state index is 11.3. The number of aliphatic hydroxyl groups is 1. The van der Waals surface area contributed by atoms with Crippen LogP contribution in [-0.4, -0.2) is 23.5 Å². The topological polar surface area (TPSA) is 63.3 Å². The molecule has 0 aromatic rings. The van der Waals surface area contributed by atoms with Gasteiger partial charge >= 0.3 is 0 Å². The number of rotatable bonds is 14. The van der Waals surface area contributed by atoms with Gasteiger partial charge in [-0.25, -0.2) is 0 Å². The molecule has 0 aliphatic heterocycles. The maximum Gasteiger partial charge on any atom is 0.162 e. The van der Waals surface area contributed by atoms with Crippen molar-refractivity contribution in [3.8, 4) is 0 Å². The minimum absolute atomic E-state index is 0.0524. The first kappa shape index (κ1) is 18.6. The van der Waals surface area contributed by atoms with E-state index in [9.17, 15) is 9.90 Å². The van der Waals surface area contributed by atoms with Crippen LogP contribution in [0.3, 0.4) is 0 Å². The Balaban J connectivity index is 3.13. The molecule has 0 aromatic heterocycles. The average Bonchev–Trinajstić information content (AvgIpc) is 2.43. The number of nitrogens with two attached hydrogens (primary N) is 1. The Labute approximate surface area is 119 Å². The highest BCUT2D eigenvalue weighted by Crippen LogP contribution is 2.12. The quantitative estimate of drug-likeness (QED) is 0.475. The zero-order valence-corrected chi connectivity index (χ0v) is 12.7. The van der Waals surface area contributed by atoms with Gasteiger partial charge in [-0.1, -0.05) is 71.1 Å². The molecular formula is C16H33NO2. The fourth-order valence-corrected chi connectivity index (χ4v) is 2.26. The number of ketones is 1. The molecule has 3 heteroatoms. The van der Waals surface area contributed by atoms with Crippen molar-refractivity contribution in [1.29, 1.82) is 0 Å². The predicted molar refractivity (Wildman–Crippen MR) is 81.1 cm³/mol. The highest BCUT2D eigenvalue weighted by Gasteiger charge is 2.11. The normalized spacial score (nSPS) is 12.6. The van der Waals surface area contributed by atoms with Crippen molar-refractivity contribution in [3.05, 3.63) is 0 Å². The first-order valence-corrected chi connectivity index (χ1v) is 8.13. The van der Waals surface area contributed by atoms with Crippen LogP contribution in [0.1, 0.15) is 84.0 Å². The Morgan fingerprint density at radius 3 is 1.74 bits per heavy atom. The Kier molecular flexibility index (Phi) is 13.7. The van der Waals surface area contributed by atoms with Crippen molar-refractivity contribution < 1.29 is 9.90 Å². The molecule has 114 valence electrons. The van der Waals surface area contributed by atoms with E-state index in [0.717, 1.165) is 12.8 Å². The second-order valence-corrected chi connectivity index (χ2v) is 5.50. The average molecular weight is 271 g/mol. The molecule has 1 atom stereocenters. The van der Waals surface area contributed by atoms with Gasteiger partial charge in [0.2, 0.25) is 0 Å². The zero-order valence-electron chi connectivity index (χ0n) is 12.7. The Morgan fingerprint density at radius 2 is 1.32 bits per heavy atom. The zero-order chi connectivity index (χ0) is 14.3. The molecule has 0 spiro atoms. The van der Waals surface area contributed by atoms with Crippen LogP contribution in [-0.2, 0) is 4.79 Å². The van der Waals surface area contributed by atoms with Gasteiger partial charge in [0.1, 0.15) is 6.10 Å². The number of carbonyl (C=O) groups is 1. The first-order chi connectivity index (χ1) is 9.22. The van der Waals surface area contributed by atoms with E-state index in [-0.39, 0.29) is 12.3 Å². The van der Waals surface area contributed by atoms with Crippen molar-refractivity contribution in [2.45, 2.75) is 90.1 Å². The minimum Gasteiger partial charge on any atom is -0.384 e. The van der Waals surface area contributed by atoms with Gasteiger partial charge in [-0.3, -0.25) is 4.79 Å². The molecule has 0 heterocycles. The summed E-state index contributed by atoms with van der Waals surface area (Å²) >= 11 is 0. The second kappa shape index (κ2) is 14.0.